The molecule has 11 heteroatoms. The predicted octanol–water partition coefficient (Wildman–Crippen LogP) is 3.62. The van der Waals surface area contributed by atoms with Gasteiger partial charge in [0.05, 0.1) is 4.90 Å². The summed E-state index contributed by atoms with van der Waals surface area (Å²) < 4.78 is 66.4. The number of carbonyl (C=O) groups is 1. The Hall–Kier alpha value is -3.60. The molecular weight excluding hydrogens is 447 g/mol. The maximum atomic E-state index is 12.8. The Morgan fingerprint density at radius 2 is 1.56 bits per heavy atom. The summed E-state index contributed by atoms with van der Waals surface area (Å²) in [6.45, 7) is 1.21. The minimum absolute atomic E-state index is 0.0898. The van der Waals surface area contributed by atoms with Crippen LogP contribution in [0.15, 0.2) is 76.6 Å². The molecule has 0 aliphatic rings. The Morgan fingerprint density at radius 3 is 2.16 bits per heavy atom. The molecule has 0 spiro atoms. The van der Waals surface area contributed by atoms with Gasteiger partial charge in [0.2, 0.25) is 5.91 Å². The van der Waals surface area contributed by atoms with E-state index < -0.39 is 39.8 Å². The third-order valence-electron chi connectivity index (χ3n) is 4.39. The molecule has 1 aromatic heterocycles. The highest BCUT2D eigenvalue weighted by Crippen LogP contribution is 2.26. The highest BCUT2D eigenvalue weighted by atomic mass is 32.2. The third kappa shape index (κ3) is 5.55. The summed E-state index contributed by atoms with van der Waals surface area (Å²) in [5.41, 5.74) is -1.25. The molecule has 0 radical (unpaired) electrons. The zero-order valence-electron chi connectivity index (χ0n) is 16.7. The summed E-state index contributed by atoms with van der Waals surface area (Å²) >= 11 is 0. The van der Waals surface area contributed by atoms with Crippen LogP contribution < -0.4 is 15.6 Å². The highest BCUT2D eigenvalue weighted by Gasteiger charge is 2.34. The van der Waals surface area contributed by atoms with E-state index in [1.165, 1.54) is 36.4 Å². The fourth-order valence-corrected chi connectivity index (χ4v) is 3.84. The van der Waals surface area contributed by atoms with Gasteiger partial charge in [-0.2, -0.15) is 13.2 Å². The van der Waals surface area contributed by atoms with E-state index in [0.717, 1.165) is 17.8 Å². The predicted molar refractivity (Wildman–Crippen MR) is 113 cm³/mol. The molecule has 1 amide bonds. The Kier molecular flexibility index (Phi) is 6.40. The van der Waals surface area contributed by atoms with Crippen molar-refractivity contribution >= 4 is 27.3 Å². The van der Waals surface area contributed by atoms with Gasteiger partial charge in [-0.3, -0.25) is 14.3 Å². The van der Waals surface area contributed by atoms with Crippen LogP contribution in [0.5, 0.6) is 0 Å². The van der Waals surface area contributed by atoms with Gasteiger partial charge >= 0.3 is 6.18 Å². The summed E-state index contributed by atoms with van der Waals surface area (Å²) in [7, 11) is -3.79. The largest absolute Gasteiger partial charge is 0.421 e. The topological polar surface area (TPSA) is 97.3 Å². The molecule has 0 saturated heterocycles. The van der Waals surface area contributed by atoms with Gasteiger partial charge < -0.3 is 9.88 Å². The number of hydrogen-bond donors (Lipinski definition) is 2. The minimum Gasteiger partial charge on any atom is -0.325 e. The van der Waals surface area contributed by atoms with Crippen LogP contribution in [0.1, 0.15) is 11.1 Å². The van der Waals surface area contributed by atoms with Crippen molar-refractivity contribution in [1.82, 2.24) is 4.57 Å². The number of amides is 1. The van der Waals surface area contributed by atoms with Gasteiger partial charge in [-0.1, -0.05) is 17.7 Å². The average molecular weight is 465 g/mol. The van der Waals surface area contributed by atoms with E-state index in [2.05, 4.69) is 10.0 Å². The molecule has 3 rings (SSSR count). The normalized spacial score (nSPS) is 11.8. The maximum Gasteiger partial charge on any atom is 0.421 e. The summed E-state index contributed by atoms with van der Waals surface area (Å²) in [6.07, 6.45) is -3.74. The highest BCUT2D eigenvalue weighted by molar-refractivity contribution is 7.92. The fraction of sp³-hybridized carbons (Fsp3) is 0.143. The number of pyridine rings is 1. The van der Waals surface area contributed by atoms with Crippen LogP contribution in [0, 0.1) is 6.92 Å². The van der Waals surface area contributed by atoms with Crippen molar-refractivity contribution < 1.29 is 26.4 Å². The first-order valence-electron chi connectivity index (χ1n) is 9.22. The van der Waals surface area contributed by atoms with Gasteiger partial charge in [0.25, 0.3) is 15.6 Å². The maximum absolute atomic E-state index is 12.8. The van der Waals surface area contributed by atoms with Gasteiger partial charge in [-0.25, -0.2) is 8.42 Å². The monoisotopic (exact) mass is 465 g/mol. The number of aryl methyl sites for hydroxylation is 1. The molecule has 0 aliphatic heterocycles. The van der Waals surface area contributed by atoms with E-state index in [9.17, 15) is 31.2 Å². The molecule has 2 aromatic carbocycles. The van der Waals surface area contributed by atoms with Crippen molar-refractivity contribution in [2.24, 2.45) is 0 Å². The lowest BCUT2D eigenvalue weighted by Gasteiger charge is -2.11. The van der Waals surface area contributed by atoms with Crippen LogP contribution in [0.4, 0.5) is 24.5 Å². The fourth-order valence-electron chi connectivity index (χ4n) is 2.79. The second kappa shape index (κ2) is 8.87. The van der Waals surface area contributed by atoms with Crippen molar-refractivity contribution in [2.75, 3.05) is 10.0 Å². The molecule has 7 nitrogen and oxygen atoms in total. The van der Waals surface area contributed by atoms with Crippen molar-refractivity contribution in [2.45, 2.75) is 24.5 Å². The number of anilines is 2. The smallest absolute Gasteiger partial charge is 0.325 e. The summed E-state index contributed by atoms with van der Waals surface area (Å²) in [6, 6.07) is 13.6. The first-order chi connectivity index (χ1) is 15.0. The summed E-state index contributed by atoms with van der Waals surface area (Å²) in [4.78, 5) is 24.2. The van der Waals surface area contributed by atoms with Gasteiger partial charge in [0.1, 0.15) is 12.1 Å². The van der Waals surface area contributed by atoms with Gasteiger partial charge in [0, 0.05) is 17.6 Å². The van der Waals surface area contributed by atoms with Crippen LogP contribution >= 0.6 is 0 Å². The number of sulfonamides is 1. The summed E-state index contributed by atoms with van der Waals surface area (Å²) in [5.74, 6) is -0.723. The van der Waals surface area contributed by atoms with E-state index in [-0.39, 0.29) is 16.3 Å². The summed E-state index contributed by atoms with van der Waals surface area (Å²) in [5, 5.41) is 2.45. The molecule has 0 bridgehead atoms. The van der Waals surface area contributed by atoms with Crippen molar-refractivity contribution in [3.8, 4) is 0 Å². The molecule has 0 atom stereocenters. The zero-order chi connectivity index (χ0) is 23.5. The first-order valence-corrected chi connectivity index (χ1v) is 10.7. The number of hydrogen-bond acceptors (Lipinski definition) is 4. The number of benzene rings is 2. The first kappa shape index (κ1) is 23.1. The van der Waals surface area contributed by atoms with Crippen LogP contribution in [-0.4, -0.2) is 18.9 Å². The number of aromatic nitrogens is 1. The number of halogens is 3. The number of carbonyl (C=O) groups excluding carboxylic acids is 1. The lowest BCUT2D eigenvalue weighted by molar-refractivity contribution is -0.139. The number of alkyl halides is 3. The van der Waals surface area contributed by atoms with E-state index in [1.807, 2.05) is 6.92 Å². The Bertz CT molecular complexity index is 1280. The second-order valence-electron chi connectivity index (χ2n) is 6.90. The van der Waals surface area contributed by atoms with Crippen molar-refractivity contribution in [1.29, 1.82) is 0 Å². The van der Waals surface area contributed by atoms with Crippen molar-refractivity contribution in [3.05, 3.63) is 88.3 Å². The molecule has 168 valence electrons. The Labute approximate surface area is 181 Å². The minimum atomic E-state index is -4.82. The molecular formula is C21H18F3N3O4S. The molecule has 0 fully saturated rings. The average Bonchev–Trinajstić information content (AvgIpc) is 2.70. The number of rotatable bonds is 6. The second-order valence-corrected chi connectivity index (χ2v) is 8.58. The molecule has 0 unspecified atom stereocenters. The Balaban J connectivity index is 1.67. The van der Waals surface area contributed by atoms with Gasteiger partial charge in [-0.05, 0) is 55.5 Å². The lowest BCUT2D eigenvalue weighted by Crippen LogP contribution is -2.31. The van der Waals surface area contributed by atoms with E-state index in [4.69, 9.17) is 0 Å². The van der Waals surface area contributed by atoms with E-state index >= 15 is 0 Å². The quantitative estimate of drug-likeness (QED) is 0.581. The number of nitrogens with zero attached hydrogens (tertiary/aromatic N) is 1. The molecule has 1 heterocycles. The standard InChI is InChI=1S/C21H18F3N3O4S/c1-14-4-10-17(11-5-14)32(30,31)26-16-8-6-15(7-9-16)25-19(28)13-27-12-2-3-18(20(27)29)21(22,23)24/h2-12,26H,13H2,1H3,(H,25,28). The zero-order valence-corrected chi connectivity index (χ0v) is 17.5. The molecule has 2 N–H and O–H groups in total. The van der Waals surface area contributed by atoms with Crippen LogP contribution in [-0.2, 0) is 27.5 Å². The van der Waals surface area contributed by atoms with E-state index in [0.29, 0.717) is 10.6 Å². The number of nitrogens with one attached hydrogen (secondary N) is 2. The van der Waals surface area contributed by atoms with Crippen molar-refractivity contribution in [3.63, 3.8) is 0 Å². The van der Waals surface area contributed by atoms with E-state index in [1.54, 1.807) is 12.1 Å². The third-order valence-corrected chi connectivity index (χ3v) is 5.79. The van der Waals surface area contributed by atoms with Crippen LogP contribution in [0.3, 0.4) is 0 Å². The Morgan fingerprint density at radius 1 is 0.969 bits per heavy atom. The van der Waals surface area contributed by atoms with Crippen LogP contribution in [0.2, 0.25) is 0 Å². The molecule has 0 aliphatic carbocycles. The van der Waals surface area contributed by atoms with Crippen LogP contribution in [0.25, 0.3) is 0 Å². The molecule has 32 heavy (non-hydrogen) atoms. The lowest BCUT2D eigenvalue weighted by atomic mass is 10.2. The van der Waals surface area contributed by atoms with Gasteiger partial charge in [0.15, 0.2) is 0 Å². The molecule has 3 aromatic rings. The van der Waals surface area contributed by atoms with Gasteiger partial charge in [-0.15, -0.1) is 0 Å². The SMILES string of the molecule is Cc1ccc(S(=O)(=O)Nc2ccc(NC(=O)Cn3cccc(C(F)(F)F)c3=O)cc2)cc1. The molecule has 0 saturated carbocycles.